The normalized spacial score (nSPS) is 11.6. The molecule has 0 unspecified atom stereocenters. The van der Waals surface area contributed by atoms with Gasteiger partial charge >= 0.3 is 6.61 Å². The summed E-state index contributed by atoms with van der Waals surface area (Å²) < 4.78 is 37.6. The van der Waals surface area contributed by atoms with E-state index in [1.165, 1.54) is 6.08 Å². The van der Waals surface area contributed by atoms with E-state index in [-0.39, 0.29) is 17.1 Å². The van der Waals surface area contributed by atoms with Crippen LogP contribution in [-0.4, -0.2) is 22.8 Å². The van der Waals surface area contributed by atoms with Crippen molar-refractivity contribution >= 4 is 22.7 Å². The fourth-order valence-electron chi connectivity index (χ4n) is 2.82. The van der Waals surface area contributed by atoms with Gasteiger partial charge in [-0.05, 0) is 31.2 Å². The van der Waals surface area contributed by atoms with Crippen molar-refractivity contribution in [2.24, 2.45) is 7.05 Å². The first-order valence-corrected chi connectivity index (χ1v) is 8.29. The monoisotopic (exact) mass is 369 g/mol. The van der Waals surface area contributed by atoms with Gasteiger partial charge in [-0.25, -0.2) is 4.98 Å². The number of nitrogens with zero attached hydrogens (tertiary/aromatic N) is 3. The average molecular weight is 369 g/mol. The van der Waals surface area contributed by atoms with Crippen molar-refractivity contribution in [2.75, 3.05) is 6.61 Å². The van der Waals surface area contributed by atoms with Crippen LogP contribution in [0.15, 0.2) is 42.5 Å². The SMILES string of the molecule is CCOc1cccc(/C=C(\C#N)c2nc3ccccc3n2C)c1OC(F)F. The molecule has 0 aliphatic carbocycles. The van der Waals surface area contributed by atoms with Crippen LogP contribution in [-0.2, 0) is 7.05 Å². The van der Waals surface area contributed by atoms with Crippen LogP contribution in [0.3, 0.4) is 0 Å². The summed E-state index contributed by atoms with van der Waals surface area (Å²) in [4.78, 5) is 4.48. The van der Waals surface area contributed by atoms with Gasteiger partial charge in [0.2, 0.25) is 0 Å². The van der Waals surface area contributed by atoms with E-state index < -0.39 is 6.61 Å². The molecule has 0 saturated heterocycles. The number of imidazole rings is 1. The van der Waals surface area contributed by atoms with Crippen molar-refractivity contribution in [1.29, 1.82) is 5.26 Å². The van der Waals surface area contributed by atoms with Crippen LogP contribution in [0.2, 0.25) is 0 Å². The molecule has 2 aromatic carbocycles. The lowest BCUT2D eigenvalue weighted by Crippen LogP contribution is -2.06. The number of fused-ring (bicyclic) bond motifs is 1. The van der Waals surface area contributed by atoms with Gasteiger partial charge in [-0.2, -0.15) is 14.0 Å². The van der Waals surface area contributed by atoms with Crippen LogP contribution >= 0.6 is 0 Å². The van der Waals surface area contributed by atoms with E-state index in [2.05, 4.69) is 15.8 Å². The molecule has 0 bridgehead atoms. The lowest BCUT2D eigenvalue weighted by molar-refractivity contribution is -0.0515. The zero-order valence-electron chi connectivity index (χ0n) is 14.8. The Labute approximate surface area is 155 Å². The van der Waals surface area contributed by atoms with Crippen molar-refractivity contribution in [3.8, 4) is 17.6 Å². The molecule has 1 aromatic heterocycles. The summed E-state index contributed by atoms with van der Waals surface area (Å²) in [5.41, 5.74) is 2.13. The van der Waals surface area contributed by atoms with Gasteiger partial charge in [0, 0.05) is 12.6 Å². The Hall–Kier alpha value is -3.40. The highest BCUT2D eigenvalue weighted by atomic mass is 19.3. The van der Waals surface area contributed by atoms with Crippen LogP contribution in [0.1, 0.15) is 18.3 Å². The molecule has 0 N–H and O–H groups in total. The van der Waals surface area contributed by atoms with Crippen molar-refractivity contribution in [3.63, 3.8) is 0 Å². The predicted molar refractivity (Wildman–Crippen MR) is 98.4 cm³/mol. The summed E-state index contributed by atoms with van der Waals surface area (Å²) in [7, 11) is 1.79. The molecule has 3 rings (SSSR count). The van der Waals surface area contributed by atoms with Gasteiger partial charge in [0.1, 0.15) is 6.07 Å². The number of hydrogen-bond acceptors (Lipinski definition) is 4. The molecule has 0 spiro atoms. The fraction of sp³-hybridized carbons (Fsp3) is 0.200. The van der Waals surface area contributed by atoms with Gasteiger partial charge in [0.05, 0.1) is 23.2 Å². The minimum absolute atomic E-state index is 0.110. The van der Waals surface area contributed by atoms with E-state index in [0.717, 1.165) is 11.0 Å². The third-order valence-corrected chi connectivity index (χ3v) is 3.96. The largest absolute Gasteiger partial charge is 0.490 e. The van der Waals surface area contributed by atoms with Gasteiger partial charge in [0.25, 0.3) is 0 Å². The molecule has 7 heteroatoms. The molecular weight excluding hydrogens is 352 g/mol. The van der Waals surface area contributed by atoms with Crippen molar-refractivity contribution < 1.29 is 18.3 Å². The molecule has 138 valence electrons. The number of rotatable bonds is 6. The number of para-hydroxylation sites is 3. The highest BCUT2D eigenvalue weighted by molar-refractivity contribution is 5.92. The van der Waals surface area contributed by atoms with E-state index in [9.17, 15) is 14.0 Å². The Morgan fingerprint density at radius 2 is 2.04 bits per heavy atom. The maximum Gasteiger partial charge on any atom is 0.387 e. The second-order valence-electron chi connectivity index (χ2n) is 5.64. The number of benzene rings is 2. The molecule has 3 aromatic rings. The maximum atomic E-state index is 12.9. The Bertz CT molecular complexity index is 1040. The fourth-order valence-corrected chi connectivity index (χ4v) is 2.82. The summed E-state index contributed by atoms with van der Waals surface area (Å²) in [6, 6.07) is 14.3. The minimum atomic E-state index is -3.01. The number of aromatic nitrogens is 2. The third-order valence-electron chi connectivity index (χ3n) is 3.96. The second-order valence-corrected chi connectivity index (χ2v) is 5.64. The first-order valence-electron chi connectivity index (χ1n) is 8.29. The maximum absolute atomic E-state index is 12.9. The van der Waals surface area contributed by atoms with Gasteiger partial charge < -0.3 is 14.0 Å². The molecule has 0 aliphatic rings. The molecule has 0 radical (unpaired) electrons. The lowest BCUT2D eigenvalue weighted by atomic mass is 10.1. The van der Waals surface area contributed by atoms with E-state index >= 15 is 0 Å². The van der Waals surface area contributed by atoms with E-state index in [0.29, 0.717) is 18.0 Å². The Balaban J connectivity index is 2.14. The second kappa shape index (κ2) is 7.87. The Morgan fingerprint density at radius 1 is 1.26 bits per heavy atom. The van der Waals surface area contributed by atoms with Gasteiger partial charge in [-0.15, -0.1) is 0 Å². The molecular formula is C20H17F2N3O2. The lowest BCUT2D eigenvalue weighted by Gasteiger charge is -2.14. The van der Waals surface area contributed by atoms with E-state index in [4.69, 9.17) is 4.74 Å². The van der Waals surface area contributed by atoms with Crippen LogP contribution in [0.25, 0.3) is 22.7 Å². The van der Waals surface area contributed by atoms with E-state index in [1.807, 2.05) is 24.3 Å². The molecule has 27 heavy (non-hydrogen) atoms. The Morgan fingerprint density at radius 3 is 2.70 bits per heavy atom. The molecule has 0 amide bonds. The molecule has 5 nitrogen and oxygen atoms in total. The zero-order chi connectivity index (χ0) is 19.4. The summed E-state index contributed by atoms with van der Waals surface area (Å²) in [5.74, 6) is 0.512. The Kier molecular flexibility index (Phi) is 5.36. The first kappa shape index (κ1) is 18.4. The predicted octanol–water partition coefficient (Wildman–Crippen LogP) is 4.64. The number of hydrogen-bond donors (Lipinski definition) is 0. The summed E-state index contributed by atoms with van der Waals surface area (Å²) in [6.07, 6.45) is 1.47. The molecule has 0 fully saturated rings. The highest BCUT2D eigenvalue weighted by Crippen LogP contribution is 2.35. The highest BCUT2D eigenvalue weighted by Gasteiger charge is 2.17. The van der Waals surface area contributed by atoms with Crippen LogP contribution in [0, 0.1) is 11.3 Å². The standard InChI is InChI=1S/C20H17F2N3O2/c1-3-26-17-10-6-7-13(18(17)27-20(21)22)11-14(12-23)19-24-15-8-4-5-9-16(15)25(19)2/h4-11,20H,3H2,1-2H3/b14-11+. The minimum Gasteiger partial charge on any atom is -0.490 e. The van der Waals surface area contributed by atoms with Crippen LogP contribution < -0.4 is 9.47 Å². The molecule has 1 heterocycles. The van der Waals surface area contributed by atoms with Gasteiger partial charge in [-0.1, -0.05) is 24.3 Å². The molecule has 0 atom stereocenters. The molecule has 0 saturated carbocycles. The number of aryl methyl sites for hydroxylation is 1. The van der Waals surface area contributed by atoms with E-state index in [1.54, 1.807) is 36.7 Å². The number of ether oxygens (including phenoxy) is 2. The quantitative estimate of drug-likeness (QED) is 0.594. The van der Waals surface area contributed by atoms with Crippen molar-refractivity contribution in [3.05, 3.63) is 53.9 Å². The average Bonchev–Trinajstić information content (AvgIpc) is 2.99. The van der Waals surface area contributed by atoms with Gasteiger partial charge in [0.15, 0.2) is 17.3 Å². The zero-order valence-corrected chi connectivity index (χ0v) is 14.8. The number of allylic oxidation sites excluding steroid dienone is 1. The topological polar surface area (TPSA) is 60.1 Å². The first-order chi connectivity index (χ1) is 13.0. The summed E-state index contributed by atoms with van der Waals surface area (Å²) >= 11 is 0. The van der Waals surface area contributed by atoms with Crippen LogP contribution in [0.5, 0.6) is 11.5 Å². The molecule has 0 aliphatic heterocycles. The smallest absolute Gasteiger partial charge is 0.387 e. The summed E-state index contributed by atoms with van der Waals surface area (Å²) in [5, 5.41) is 9.64. The van der Waals surface area contributed by atoms with Crippen molar-refractivity contribution in [2.45, 2.75) is 13.5 Å². The number of nitriles is 1. The third kappa shape index (κ3) is 3.75. The van der Waals surface area contributed by atoms with Crippen molar-refractivity contribution in [1.82, 2.24) is 9.55 Å². The number of halogens is 2. The van der Waals surface area contributed by atoms with Gasteiger partial charge in [-0.3, -0.25) is 0 Å². The number of alkyl halides is 2. The van der Waals surface area contributed by atoms with Crippen LogP contribution in [0.4, 0.5) is 8.78 Å². The summed E-state index contributed by atoms with van der Waals surface area (Å²) in [6.45, 7) is -0.975.